The van der Waals surface area contributed by atoms with E-state index in [9.17, 15) is 8.78 Å². The predicted molar refractivity (Wildman–Crippen MR) is 69.6 cm³/mol. The first-order valence-corrected chi connectivity index (χ1v) is 5.91. The molecular weight excluding hydrogens is 274 g/mol. The maximum atomic E-state index is 12.0. The van der Waals surface area contributed by atoms with Crippen LogP contribution in [0, 0.1) is 0 Å². The van der Waals surface area contributed by atoms with Crippen LogP contribution in [0.15, 0.2) is 42.5 Å². The van der Waals surface area contributed by atoms with Crippen LogP contribution in [-0.2, 0) is 6.54 Å². The molecule has 0 radical (unpaired) electrons. The lowest BCUT2D eigenvalue weighted by Gasteiger charge is -2.07. The normalized spacial score (nSPS) is 10.5. The molecule has 0 unspecified atom stereocenters. The summed E-state index contributed by atoms with van der Waals surface area (Å²) < 4.78 is 28.2. The van der Waals surface area contributed by atoms with Gasteiger partial charge >= 0.3 is 6.61 Å². The standard InChI is InChI=1S/C13H11ClF2N2O/c14-11-2-1-3-12(18-11)17-8-9-4-6-10(7-5-9)19-13(15)16/h1-7,13H,8H2,(H,17,18). The molecule has 1 aromatic carbocycles. The molecule has 2 aromatic rings. The number of hydrogen-bond acceptors (Lipinski definition) is 3. The number of hydrogen-bond donors (Lipinski definition) is 1. The third-order valence-corrected chi connectivity index (χ3v) is 2.55. The molecule has 0 saturated heterocycles. The fourth-order valence-corrected chi connectivity index (χ4v) is 1.65. The van der Waals surface area contributed by atoms with Crippen molar-refractivity contribution in [1.82, 2.24) is 4.98 Å². The van der Waals surface area contributed by atoms with Crippen LogP contribution in [0.5, 0.6) is 5.75 Å². The van der Waals surface area contributed by atoms with E-state index in [4.69, 9.17) is 11.6 Å². The largest absolute Gasteiger partial charge is 0.435 e. The number of pyridine rings is 1. The Balaban J connectivity index is 1.93. The summed E-state index contributed by atoms with van der Waals surface area (Å²) >= 11 is 5.76. The maximum Gasteiger partial charge on any atom is 0.387 e. The van der Waals surface area contributed by atoms with Crippen LogP contribution in [0.25, 0.3) is 0 Å². The molecule has 3 nitrogen and oxygen atoms in total. The Bertz CT molecular complexity index is 534. The van der Waals surface area contributed by atoms with Crippen molar-refractivity contribution in [1.29, 1.82) is 0 Å². The monoisotopic (exact) mass is 284 g/mol. The van der Waals surface area contributed by atoms with Crippen LogP contribution in [0.3, 0.4) is 0 Å². The zero-order valence-corrected chi connectivity index (χ0v) is 10.6. The van der Waals surface area contributed by atoms with E-state index in [1.54, 1.807) is 30.3 Å². The molecule has 0 aliphatic heterocycles. The molecule has 1 N–H and O–H groups in total. The number of ether oxygens (including phenoxy) is 1. The van der Waals surface area contributed by atoms with Gasteiger partial charge in [-0.1, -0.05) is 29.8 Å². The van der Waals surface area contributed by atoms with Crippen LogP contribution >= 0.6 is 11.6 Å². The average molecular weight is 285 g/mol. The van der Waals surface area contributed by atoms with Gasteiger partial charge in [0.1, 0.15) is 16.7 Å². The number of nitrogens with one attached hydrogen (secondary N) is 1. The Hall–Kier alpha value is -1.88. The molecular formula is C13H11ClF2N2O. The Morgan fingerprint density at radius 3 is 2.53 bits per heavy atom. The van der Waals surface area contributed by atoms with E-state index in [-0.39, 0.29) is 5.75 Å². The van der Waals surface area contributed by atoms with Crippen molar-refractivity contribution in [2.24, 2.45) is 0 Å². The first-order chi connectivity index (χ1) is 9.13. The van der Waals surface area contributed by atoms with E-state index in [2.05, 4.69) is 15.0 Å². The van der Waals surface area contributed by atoms with E-state index in [0.29, 0.717) is 17.5 Å². The summed E-state index contributed by atoms with van der Waals surface area (Å²) in [5, 5.41) is 3.49. The molecule has 0 fully saturated rings. The van der Waals surface area contributed by atoms with Gasteiger partial charge < -0.3 is 10.1 Å². The number of benzene rings is 1. The van der Waals surface area contributed by atoms with Crippen LogP contribution in [-0.4, -0.2) is 11.6 Å². The molecule has 0 saturated carbocycles. The van der Waals surface area contributed by atoms with Crippen molar-refractivity contribution in [3.05, 3.63) is 53.2 Å². The summed E-state index contributed by atoms with van der Waals surface area (Å²) in [4.78, 5) is 4.08. The van der Waals surface area contributed by atoms with Gasteiger partial charge in [0, 0.05) is 6.54 Å². The van der Waals surface area contributed by atoms with Gasteiger partial charge in [0.05, 0.1) is 0 Å². The van der Waals surface area contributed by atoms with Crippen LogP contribution < -0.4 is 10.1 Å². The summed E-state index contributed by atoms with van der Waals surface area (Å²) in [5.74, 6) is 0.792. The van der Waals surface area contributed by atoms with Crippen LogP contribution in [0.1, 0.15) is 5.56 Å². The van der Waals surface area contributed by atoms with Crippen molar-refractivity contribution in [3.63, 3.8) is 0 Å². The topological polar surface area (TPSA) is 34.1 Å². The zero-order chi connectivity index (χ0) is 13.7. The van der Waals surface area contributed by atoms with Gasteiger partial charge in [-0.15, -0.1) is 0 Å². The Labute approximate surface area is 114 Å². The van der Waals surface area contributed by atoms with Crippen molar-refractivity contribution < 1.29 is 13.5 Å². The Morgan fingerprint density at radius 2 is 1.89 bits per heavy atom. The van der Waals surface area contributed by atoms with E-state index >= 15 is 0 Å². The minimum atomic E-state index is -2.81. The molecule has 0 atom stereocenters. The van der Waals surface area contributed by atoms with E-state index < -0.39 is 6.61 Å². The predicted octanol–water partition coefficient (Wildman–Crippen LogP) is 3.95. The SMILES string of the molecule is FC(F)Oc1ccc(CNc2cccc(Cl)n2)cc1. The molecule has 0 bridgehead atoms. The number of halogens is 3. The van der Waals surface area contributed by atoms with E-state index in [0.717, 1.165) is 5.56 Å². The first-order valence-electron chi connectivity index (χ1n) is 5.53. The second kappa shape index (κ2) is 6.33. The molecule has 0 aliphatic carbocycles. The molecule has 2 rings (SSSR count). The maximum absolute atomic E-state index is 12.0. The second-order valence-corrected chi connectivity index (χ2v) is 4.11. The smallest absolute Gasteiger partial charge is 0.387 e. The highest BCUT2D eigenvalue weighted by Gasteiger charge is 2.03. The van der Waals surface area contributed by atoms with Crippen molar-refractivity contribution in [2.45, 2.75) is 13.2 Å². The summed E-state index contributed by atoms with van der Waals surface area (Å²) in [6.45, 7) is -2.29. The van der Waals surface area contributed by atoms with Gasteiger partial charge in [-0.2, -0.15) is 8.78 Å². The lowest BCUT2D eigenvalue weighted by atomic mass is 10.2. The van der Waals surface area contributed by atoms with Gasteiger partial charge in [-0.05, 0) is 29.8 Å². The van der Waals surface area contributed by atoms with Crippen molar-refractivity contribution >= 4 is 17.4 Å². The number of alkyl halides is 2. The number of anilines is 1. The minimum absolute atomic E-state index is 0.139. The third-order valence-electron chi connectivity index (χ3n) is 2.34. The van der Waals surface area contributed by atoms with Crippen LogP contribution in [0.2, 0.25) is 5.15 Å². The van der Waals surface area contributed by atoms with E-state index in [1.165, 1.54) is 12.1 Å². The molecule has 0 aliphatic rings. The lowest BCUT2D eigenvalue weighted by Crippen LogP contribution is -2.03. The summed E-state index contributed by atoms with van der Waals surface area (Å²) in [6.07, 6.45) is 0. The highest BCUT2D eigenvalue weighted by Crippen LogP contribution is 2.16. The minimum Gasteiger partial charge on any atom is -0.435 e. The number of nitrogens with zero attached hydrogens (tertiary/aromatic N) is 1. The molecule has 19 heavy (non-hydrogen) atoms. The number of rotatable bonds is 5. The number of aromatic nitrogens is 1. The van der Waals surface area contributed by atoms with Crippen molar-refractivity contribution in [2.75, 3.05) is 5.32 Å². The average Bonchev–Trinajstić information content (AvgIpc) is 2.37. The fourth-order valence-electron chi connectivity index (χ4n) is 1.49. The molecule has 0 amide bonds. The van der Waals surface area contributed by atoms with Gasteiger partial charge in [-0.25, -0.2) is 4.98 Å². The van der Waals surface area contributed by atoms with Crippen LogP contribution in [0.4, 0.5) is 14.6 Å². The highest BCUT2D eigenvalue weighted by molar-refractivity contribution is 6.29. The summed E-state index contributed by atoms with van der Waals surface area (Å²) in [5.41, 5.74) is 0.920. The molecule has 0 spiro atoms. The quantitative estimate of drug-likeness (QED) is 0.844. The molecule has 100 valence electrons. The lowest BCUT2D eigenvalue weighted by molar-refractivity contribution is -0.0498. The van der Waals surface area contributed by atoms with Gasteiger partial charge in [0.2, 0.25) is 0 Å². The third kappa shape index (κ3) is 4.37. The second-order valence-electron chi connectivity index (χ2n) is 3.72. The van der Waals surface area contributed by atoms with Gasteiger partial charge in [0.15, 0.2) is 0 Å². The van der Waals surface area contributed by atoms with E-state index in [1.807, 2.05) is 0 Å². The Morgan fingerprint density at radius 1 is 1.16 bits per heavy atom. The van der Waals surface area contributed by atoms with Gasteiger partial charge in [0.25, 0.3) is 0 Å². The fraction of sp³-hybridized carbons (Fsp3) is 0.154. The zero-order valence-electron chi connectivity index (χ0n) is 9.82. The Kier molecular flexibility index (Phi) is 4.52. The molecule has 6 heteroatoms. The summed E-state index contributed by atoms with van der Waals surface area (Å²) in [6, 6.07) is 11.7. The van der Waals surface area contributed by atoms with Gasteiger partial charge in [-0.3, -0.25) is 0 Å². The molecule has 1 heterocycles. The first kappa shape index (κ1) is 13.5. The van der Waals surface area contributed by atoms with Crippen molar-refractivity contribution in [3.8, 4) is 5.75 Å². The molecule has 1 aromatic heterocycles. The summed E-state index contributed by atoms with van der Waals surface area (Å²) in [7, 11) is 0. The highest BCUT2D eigenvalue weighted by atomic mass is 35.5.